The smallest absolute Gasteiger partial charge is 0.317 e. The topological polar surface area (TPSA) is 74.3 Å². The van der Waals surface area contributed by atoms with Crippen LogP contribution in [0.4, 0.5) is 4.79 Å². The first-order chi connectivity index (χ1) is 11.5. The number of nitrogens with one attached hydrogen (secondary N) is 2. The fourth-order valence-electron chi connectivity index (χ4n) is 1.97. The van der Waals surface area contributed by atoms with Crippen LogP contribution in [-0.4, -0.2) is 35.9 Å². The molecule has 0 saturated carbocycles. The molecule has 0 aliphatic carbocycles. The molecule has 0 radical (unpaired) electrons. The SMILES string of the molecule is CN(C)C(=O)NCc1cc(C(=O)NCc2cccc(Cl)c2)ccn1. The highest BCUT2D eigenvalue weighted by atomic mass is 35.5. The Bertz CT molecular complexity index is 734. The third-order valence-electron chi connectivity index (χ3n) is 3.25. The standard InChI is InChI=1S/C17H19ClN4O2/c1-22(2)17(24)21-11-15-9-13(6-7-19-15)16(23)20-10-12-4-3-5-14(18)8-12/h3-9H,10-11H2,1-2H3,(H,20,23)(H,21,24). The molecule has 0 spiro atoms. The molecular weight excluding hydrogens is 328 g/mol. The number of urea groups is 1. The number of carbonyl (C=O) groups is 2. The lowest BCUT2D eigenvalue weighted by Gasteiger charge is -2.12. The number of nitrogens with zero attached hydrogens (tertiary/aromatic N) is 2. The van der Waals surface area contributed by atoms with E-state index in [2.05, 4.69) is 15.6 Å². The summed E-state index contributed by atoms with van der Waals surface area (Å²) >= 11 is 5.92. The van der Waals surface area contributed by atoms with Gasteiger partial charge < -0.3 is 15.5 Å². The number of rotatable bonds is 5. The van der Waals surface area contributed by atoms with Crippen molar-refractivity contribution in [1.29, 1.82) is 0 Å². The van der Waals surface area contributed by atoms with Crippen LogP contribution in [0.25, 0.3) is 0 Å². The van der Waals surface area contributed by atoms with E-state index in [4.69, 9.17) is 11.6 Å². The lowest BCUT2D eigenvalue weighted by Crippen LogP contribution is -2.34. The minimum Gasteiger partial charge on any atom is -0.348 e. The van der Waals surface area contributed by atoms with Crippen molar-refractivity contribution in [2.24, 2.45) is 0 Å². The highest BCUT2D eigenvalue weighted by molar-refractivity contribution is 6.30. The van der Waals surface area contributed by atoms with Crippen LogP contribution in [-0.2, 0) is 13.1 Å². The van der Waals surface area contributed by atoms with E-state index in [1.54, 1.807) is 44.6 Å². The Morgan fingerprint density at radius 2 is 1.92 bits per heavy atom. The zero-order valence-electron chi connectivity index (χ0n) is 13.5. The number of amides is 3. The Morgan fingerprint density at radius 1 is 1.12 bits per heavy atom. The Labute approximate surface area is 145 Å². The van der Waals surface area contributed by atoms with E-state index in [9.17, 15) is 9.59 Å². The monoisotopic (exact) mass is 346 g/mol. The summed E-state index contributed by atoms with van der Waals surface area (Å²) in [5.74, 6) is -0.211. The number of benzene rings is 1. The molecule has 1 aromatic heterocycles. The van der Waals surface area contributed by atoms with Crippen LogP contribution >= 0.6 is 11.6 Å². The number of hydrogen-bond acceptors (Lipinski definition) is 3. The molecule has 24 heavy (non-hydrogen) atoms. The first-order valence-corrected chi connectivity index (χ1v) is 7.76. The van der Waals surface area contributed by atoms with Gasteiger partial charge in [-0.05, 0) is 29.8 Å². The van der Waals surface area contributed by atoms with E-state index in [1.807, 2.05) is 12.1 Å². The Balaban J connectivity index is 1.94. The summed E-state index contributed by atoms with van der Waals surface area (Å²) in [6, 6.07) is 10.4. The van der Waals surface area contributed by atoms with Gasteiger partial charge in [0.25, 0.3) is 5.91 Å². The van der Waals surface area contributed by atoms with Crippen LogP contribution < -0.4 is 10.6 Å². The number of hydrogen-bond donors (Lipinski definition) is 2. The van der Waals surface area contributed by atoms with Gasteiger partial charge in [-0.2, -0.15) is 0 Å². The van der Waals surface area contributed by atoms with Gasteiger partial charge in [0.15, 0.2) is 0 Å². The van der Waals surface area contributed by atoms with Crippen LogP contribution in [0.15, 0.2) is 42.6 Å². The Morgan fingerprint density at radius 3 is 2.62 bits per heavy atom. The molecule has 2 N–H and O–H groups in total. The zero-order chi connectivity index (χ0) is 17.5. The van der Waals surface area contributed by atoms with Crippen molar-refractivity contribution in [3.05, 3.63) is 64.4 Å². The van der Waals surface area contributed by atoms with E-state index >= 15 is 0 Å². The summed E-state index contributed by atoms with van der Waals surface area (Å²) in [4.78, 5) is 29.3. The van der Waals surface area contributed by atoms with Gasteiger partial charge in [-0.1, -0.05) is 23.7 Å². The van der Waals surface area contributed by atoms with Gasteiger partial charge >= 0.3 is 6.03 Å². The molecule has 0 unspecified atom stereocenters. The molecule has 6 nitrogen and oxygen atoms in total. The van der Waals surface area contributed by atoms with Gasteiger partial charge in [0.2, 0.25) is 0 Å². The molecule has 2 rings (SSSR count). The lowest BCUT2D eigenvalue weighted by atomic mass is 10.2. The first kappa shape index (κ1) is 17.7. The summed E-state index contributed by atoms with van der Waals surface area (Å²) in [5, 5.41) is 6.17. The third-order valence-corrected chi connectivity index (χ3v) is 3.48. The molecule has 3 amide bonds. The summed E-state index contributed by atoms with van der Waals surface area (Å²) in [7, 11) is 3.31. The first-order valence-electron chi connectivity index (χ1n) is 7.38. The zero-order valence-corrected chi connectivity index (χ0v) is 14.3. The average molecular weight is 347 g/mol. The van der Waals surface area contributed by atoms with Crippen molar-refractivity contribution in [3.63, 3.8) is 0 Å². The molecule has 0 aliphatic heterocycles. The van der Waals surface area contributed by atoms with Gasteiger partial charge in [0.05, 0.1) is 12.2 Å². The van der Waals surface area contributed by atoms with Crippen molar-refractivity contribution < 1.29 is 9.59 Å². The summed E-state index contributed by atoms with van der Waals surface area (Å²) in [5.41, 5.74) is 2.02. The van der Waals surface area contributed by atoms with Crippen molar-refractivity contribution in [1.82, 2.24) is 20.5 Å². The van der Waals surface area contributed by atoms with Crippen molar-refractivity contribution >= 4 is 23.5 Å². The molecule has 0 aliphatic rings. The molecule has 0 fully saturated rings. The second-order valence-electron chi connectivity index (χ2n) is 5.40. The molecule has 0 saturated heterocycles. The number of aromatic nitrogens is 1. The van der Waals surface area contributed by atoms with Crippen molar-refractivity contribution in [2.45, 2.75) is 13.1 Å². The van der Waals surface area contributed by atoms with E-state index in [1.165, 1.54) is 4.90 Å². The maximum Gasteiger partial charge on any atom is 0.317 e. The maximum atomic E-state index is 12.2. The molecule has 0 bridgehead atoms. The fourth-order valence-corrected chi connectivity index (χ4v) is 2.18. The lowest BCUT2D eigenvalue weighted by molar-refractivity contribution is 0.0950. The molecule has 7 heteroatoms. The van der Waals surface area contributed by atoms with Crippen LogP contribution in [0, 0.1) is 0 Å². The van der Waals surface area contributed by atoms with Gasteiger partial charge in [0, 0.05) is 37.4 Å². The number of carbonyl (C=O) groups excluding carboxylic acids is 2. The molecule has 1 aromatic carbocycles. The van der Waals surface area contributed by atoms with E-state index in [-0.39, 0.29) is 18.5 Å². The van der Waals surface area contributed by atoms with Gasteiger partial charge in [-0.25, -0.2) is 4.79 Å². The van der Waals surface area contributed by atoms with Crippen molar-refractivity contribution in [2.75, 3.05) is 14.1 Å². The predicted octanol–water partition coefficient (Wildman–Crippen LogP) is 2.44. The normalized spacial score (nSPS) is 10.1. The second kappa shape index (κ2) is 8.31. The van der Waals surface area contributed by atoms with E-state index < -0.39 is 0 Å². The van der Waals surface area contributed by atoms with E-state index in [0.29, 0.717) is 22.8 Å². The predicted molar refractivity (Wildman–Crippen MR) is 92.8 cm³/mol. The summed E-state index contributed by atoms with van der Waals surface area (Å²) in [6.45, 7) is 0.640. The van der Waals surface area contributed by atoms with E-state index in [0.717, 1.165) is 5.56 Å². The van der Waals surface area contributed by atoms with Crippen LogP contribution in [0.2, 0.25) is 5.02 Å². The quantitative estimate of drug-likeness (QED) is 0.873. The summed E-state index contributed by atoms with van der Waals surface area (Å²) in [6.07, 6.45) is 1.55. The molecule has 126 valence electrons. The number of pyridine rings is 1. The molecule has 0 atom stereocenters. The van der Waals surface area contributed by atoms with Gasteiger partial charge in [-0.15, -0.1) is 0 Å². The Hall–Kier alpha value is -2.60. The maximum absolute atomic E-state index is 12.2. The highest BCUT2D eigenvalue weighted by Gasteiger charge is 2.08. The molecule has 1 heterocycles. The minimum atomic E-state index is -0.215. The minimum absolute atomic E-state index is 0.211. The van der Waals surface area contributed by atoms with Crippen LogP contribution in [0.5, 0.6) is 0 Å². The fraction of sp³-hybridized carbons (Fsp3) is 0.235. The second-order valence-corrected chi connectivity index (χ2v) is 5.84. The number of halogens is 1. The van der Waals surface area contributed by atoms with Gasteiger partial charge in [-0.3, -0.25) is 9.78 Å². The molecular formula is C17H19ClN4O2. The van der Waals surface area contributed by atoms with Crippen molar-refractivity contribution in [3.8, 4) is 0 Å². The third kappa shape index (κ3) is 5.24. The van der Waals surface area contributed by atoms with Crippen LogP contribution in [0.3, 0.4) is 0 Å². The van der Waals surface area contributed by atoms with Gasteiger partial charge in [0.1, 0.15) is 0 Å². The Kier molecular flexibility index (Phi) is 6.14. The average Bonchev–Trinajstić information content (AvgIpc) is 2.57. The van der Waals surface area contributed by atoms with Crippen LogP contribution in [0.1, 0.15) is 21.6 Å². The highest BCUT2D eigenvalue weighted by Crippen LogP contribution is 2.10. The molecule has 2 aromatic rings. The largest absolute Gasteiger partial charge is 0.348 e. The summed E-state index contributed by atoms with van der Waals surface area (Å²) < 4.78 is 0.